The number of ether oxygens (including phenoxy) is 8. The van der Waals surface area contributed by atoms with Gasteiger partial charge in [0.15, 0.2) is 0 Å². The fraction of sp³-hybridized carbons (Fsp3) is 0.354. The lowest BCUT2D eigenvalue weighted by molar-refractivity contribution is -0.149. The lowest BCUT2D eigenvalue weighted by Crippen LogP contribution is -2.43. The minimum atomic E-state index is -0.501. The van der Waals surface area contributed by atoms with Crippen LogP contribution in [0, 0.1) is 11.6 Å². The summed E-state index contributed by atoms with van der Waals surface area (Å²) >= 11 is 7.90. The molecule has 0 spiro atoms. The molecule has 5 heterocycles. The molecule has 19 nitrogen and oxygen atoms in total. The second kappa shape index (κ2) is 41.4. The highest BCUT2D eigenvalue weighted by molar-refractivity contribution is 8.02. The number of rotatable bonds is 27. The largest absolute Gasteiger partial charge is 0.508 e. The summed E-state index contributed by atoms with van der Waals surface area (Å²) in [6.07, 6.45) is 22.5. The van der Waals surface area contributed by atoms with E-state index in [9.17, 15) is 37.9 Å². The second-order valence-electron chi connectivity index (χ2n) is 30.0. The summed E-state index contributed by atoms with van der Waals surface area (Å²) in [5, 5.41) is 14.5. The number of carbonyl (C=O) groups excluding carboxylic acids is 5. The van der Waals surface area contributed by atoms with Crippen molar-refractivity contribution in [2.75, 3.05) is 60.5 Å². The first-order chi connectivity index (χ1) is 59.2. The first-order valence-electron chi connectivity index (χ1n) is 41.4. The number of carbonyl (C=O) groups is 5. The van der Waals surface area contributed by atoms with Gasteiger partial charge in [0.1, 0.15) is 59.2 Å². The summed E-state index contributed by atoms with van der Waals surface area (Å²) in [6.45, 7) is 12.3. The molecular weight excluding hydrogens is 1650 g/mol. The Morgan fingerprint density at radius 2 is 0.639 bits per heavy atom. The zero-order valence-corrected chi connectivity index (χ0v) is 73.5. The van der Waals surface area contributed by atoms with Crippen molar-refractivity contribution < 1.29 is 75.8 Å². The normalized spacial score (nSPS) is 15.7. The van der Waals surface area contributed by atoms with E-state index in [0.717, 1.165) is 209 Å². The maximum atomic E-state index is 13.6. The molecule has 0 atom stereocenters. The van der Waals surface area contributed by atoms with Crippen molar-refractivity contribution >= 4 is 143 Å². The van der Waals surface area contributed by atoms with Crippen LogP contribution in [0.5, 0.6) is 17.2 Å². The molecule has 5 fully saturated rings. The van der Waals surface area contributed by atoms with Gasteiger partial charge in [-0.05, 0) is 287 Å². The van der Waals surface area contributed by atoms with E-state index in [1.165, 1.54) is 36.0 Å². The van der Waals surface area contributed by atoms with E-state index < -0.39 is 23.7 Å². The van der Waals surface area contributed by atoms with Crippen molar-refractivity contribution in [3.63, 3.8) is 0 Å². The lowest BCUT2D eigenvalue weighted by Gasteiger charge is -2.38. The molecule has 5 aromatic heterocycles. The van der Waals surface area contributed by atoms with Gasteiger partial charge in [-0.1, -0.05) is 36.4 Å². The van der Waals surface area contributed by atoms with Gasteiger partial charge in [-0.3, -0.25) is 48.9 Å². The van der Waals surface area contributed by atoms with Crippen LogP contribution in [0.25, 0.3) is 76.8 Å². The summed E-state index contributed by atoms with van der Waals surface area (Å²) < 4.78 is 67.0. The van der Waals surface area contributed by atoms with Crippen molar-refractivity contribution in [3.05, 3.63) is 212 Å². The second-order valence-corrected chi connectivity index (χ2v) is 37.1. The first-order valence-corrected chi connectivity index (χ1v) is 45.4. The smallest absolute Gasteiger partial charge is 0.322 e. The third-order valence-electron chi connectivity index (χ3n) is 22.1. The summed E-state index contributed by atoms with van der Waals surface area (Å²) in [5.74, 6) is 0.668. The number of esters is 5. The molecule has 5 aliphatic rings. The monoisotopic (exact) mass is 1740 g/mol. The number of aromatic nitrogens is 5. The first kappa shape index (κ1) is 89.7. The number of benzene rings is 7. The molecule has 0 radical (unpaired) electrons. The molecule has 26 heteroatoms. The number of fused-ring (bicyclic) bond motifs is 5. The van der Waals surface area contributed by atoms with E-state index in [1.54, 1.807) is 129 Å². The lowest BCUT2D eigenvalue weighted by atomic mass is 9.84. The minimum absolute atomic E-state index is 0.0980. The molecule has 17 rings (SSSR count). The fourth-order valence-electron chi connectivity index (χ4n) is 14.7. The van der Waals surface area contributed by atoms with Gasteiger partial charge in [0.05, 0.1) is 74.3 Å². The third-order valence-corrected chi connectivity index (χ3v) is 29.8. The van der Waals surface area contributed by atoms with Gasteiger partial charge >= 0.3 is 29.8 Å². The maximum Gasteiger partial charge on any atom is 0.322 e. The molecule has 636 valence electrons. The van der Waals surface area contributed by atoms with E-state index >= 15 is 0 Å². The summed E-state index contributed by atoms with van der Waals surface area (Å²) in [6, 6.07) is 51.4. The number of thioether (sulfide) groups is 5. The highest BCUT2D eigenvalue weighted by Gasteiger charge is 2.51. The van der Waals surface area contributed by atoms with Crippen molar-refractivity contribution in [2.24, 2.45) is 0 Å². The summed E-state index contributed by atoms with van der Waals surface area (Å²) in [5.41, 5.74) is 8.04. The number of nitrogens with zero attached hydrogens (tertiary/aromatic N) is 5. The zero-order valence-electron chi connectivity index (χ0n) is 69.4. The summed E-state index contributed by atoms with van der Waals surface area (Å²) in [7, 11) is 3.30. The van der Waals surface area contributed by atoms with E-state index in [0.29, 0.717) is 46.2 Å². The Balaban J connectivity index is 0.000000132. The minimum Gasteiger partial charge on any atom is -0.508 e. The van der Waals surface area contributed by atoms with Crippen molar-refractivity contribution in [3.8, 4) is 39.5 Å². The number of halogens is 2. The van der Waals surface area contributed by atoms with Gasteiger partial charge in [0.25, 0.3) is 0 Å². The molecule has 5 aliphatic carbocycles. The number of phenols is 1. The topological polar surface area (TPSA) is 244 Å². The highest BCUT2D eigenvalue weighted by atomic mass is 32.2. The molecule has 0 aliphatic heterocycles. The van der Waals surface area contributed by atoms with Crippen LogP contribution in [0.2, 0.25) is 0 Å². The standard InChI is InChI=1S/2C22H20FNO2S.C19H23NO4S.C17H19NO3S.C16H17NO3S/c1-2-26-21(25)22(11-3-12-22)27-20-10-13-24-19-9-6-16(14-18(19)20)15-4-7-17(23)8-5-15;1-2-26-21(25)22(10-4-11-22)27-20-9-12-24-19-8-7-16(14-18(19)20)15-5-3-6-17(23)13-15;1-3-23-18(21)19(8-4-9-19)25-17-7-10-20-16-6-5-14(13-15(16)17)24-12-11-22-2;1-3-21-16(19)17(8-4-9-17)22-15-7-10-18-14-6-5-12(20-2)11-13(14)15;1-2-20-15(19)16(7-3-8-16)21-14-6-9-17-13-5-4-11(18)10-12(13)14/h4-10,13-14H,2-3,11-12H2,1H3;3,5-9,12-14H,2,4,10-11H2,1H3;5-7,10,13H,3-4,8-9,11-12H2,1-2H3;5-7,10-11H,3-4,8-9H2,1-2H3;4-6,9-10,18H,2-3,7-8H2,1H3. The van der Waals surface area contributed by atoms with Crippen molar-refractivity contribution in [2.45, 2.75) is 179 Å². The highest BCUT2D eigenvalue weighted by Crippen LogP contribution is 2.55. The van der Waals surface area contributed by atoms with Crippen LogP contribution in [-0.4, -0.2) is 144 Å². The quantitative estimate of drug-likeness (QED) is 0.0286. The van der Waals surface area contributed by atoms with E-state index in [1.807, 2.05) is 138 Å². The van der Waals surface area contributed by atoms with Gasteiger partial charge in [-0.25, -0.2) is 8.78 Å². The van der Waals surface area contributed by atoms with Crippen LogP contribution in [0.3, 0.4) is 0 Å². The van der Waals surface area contributed by atoms with Crippen LogP contribution in [0.15, 0.2) is 225 Å². The Morgan fingerprint density at radius 3 is 0.967 bits per heavy atom. The zero-order chi connectivity index (χ0) is 85.9. The Kier molecular flexibility index (Phi) is 30.4. The van der Waals surface area contributed by atoms with E-state index in [4.69, 9.17) is 37.9 Å². The van der Waals surface area contributed by atoms with E-state index in [2.05, 4.69) is 31.0 Å². The van der Waals surface area contributed by atoms with Crippen LogP contribution in [0.1, 0.15) is 131 Å². The van der Waals surface area contributed by atoms with Gasteiger partial charge < -0.3 is 43.0 Å². The van der Waals surface area contributed by atoms with Crippen LogP contribution in [0.4, 0.5) is 8.78 Å². The molecule has 12 aromatic rings. The fourth-order valence-corrected chi connectivity index (χ4v) is 22.0. The van der Waals surface area contributed by atoms with Crippen molar-refractivity contribution in [1.82, 2.24) is 24.9 Å². The molecule has 7 aromatic carbocycles. The molecular formula is C96H99F2N5O14S5. The Morgan fingerprint density at radius 1 is 0.336 bits per heavy atom. The molecule has 0 amide bonds. The summed E-state index contributed by atoms with van der Waals surface area (Å²) in [4.78, 5) is 89.1. The number of pyridine rings is 5. The predicted octanol–water partition coefficient (Wildman–Crippen LogP) is 22.4. The van der Waals surface area contributed by atoms with Gasteiger partial charge in [-0.15, -0.1) is 58.8 Å². The molecule has 122 heavy (non-hydrogen) atoms. The van der Waals surface area contributed by atoms with Gasteiger partial charge in [0.2, 0.25) is 0 Å². The van der Waals surface area contributed by atoms with Crippen LogP contribution in [-0.2, 0) is 52.4 Å². The number of phenolic OH excluding ortho intramolecular Hbond substituents is 1. The predicted molar refractivity (Wildman–Crippen MR) is 480 cm³/mol. The molecule has 1 N–H and O–H groups in total. The molecule has 0 bridgehead atoms. The Labute approximate surface area is 730 Å². The Bertz CT molecular complexity index is 5710. The molecule has 5 saturated carbocycles. The van der Waals surface area contributed by atoms with Gasteiger partial charge in [0, 0.05) is 89.5 Å². The van der Waals surface area contributed by atoms with Gasteiger partial charge in [-0.2, -0.15) is 0 Å². The van der Waals surface area contributed by atoms with Crippen LogP contribution >= 0.6 is 58.8 Å². The average Bonchev–Trinajstić information content (AvgIpc) is 0.427. The Hall–Kier alpha value is -10.1. The number of aromatic hydroxyl groups is 1. The SMILES string of the molecule is CCOC(=O)C1(Sc2ccnc3ccc(-c4ccc(F)cc4)cc23)CCC1.CCOC(=O)C1(Sc2ccnc3ccc(-c4cccc(F)c4)cc23)CCC1.CCOC(=O)C1(Sc2ccnc3ccc(O)cc23)CCC1.CCOC(=O)C1(Sc2ccnc3ccc(OC)cc23)CCC1.CCOC(=O)C1(Sc2ccnc3ccc(OCCOC)cc23)CCC1. The maximum absolute atomic E-state index is 13.6. The van der Waals surface area contributed by atoms with Crippen LogP contribution < -0.4 is 9.47 Å². The number of hydrogen-bond donors (Lipinski definition) is 1. The third kappa shape index (κ3) is 20.9. The number of methoxy groups -OCH3 is 2. The van der Waals surface area contributed by atoms with Crippen molar-refractivity contribution in [1.29, 1.82) is 0 Å². The molecule has 0 saturated heterocycles. The van der Waals surface area contributed by atoms with E-state index in [-0.39, 0.29) is 47.2 Å². The molecule has 0 unspecified atom stereocenters. The number of hydrogen-bond acceptors (Lipinski definition) is 24. The average molecular weight is 1750 g/mol.